The number of amides is 1. The average Bonchev–Trinajstić information content (AvgIpc) is 2.83. The Bertz CT molecular complexity index is 636. The lowest BCUT2D eigenvalue weighted by atomic mass is 9.96. The smallest absolute Gasteiger partial charge is 0.237 e. The van der Waals surface area contributed by atoms with E-state index >= 15 is 0 Å². The number of para-hydroxylation sites is 1. The van der Waals surface area contributed by atoms with Gasteiger partial charge in [0.05, 0.1) is 6.07 Å². The first kappa shape index (κ1) is 14.1. The van der Waals surface area contributed by atoms with Crippen LogP contribution in [0.15, 0.2) is 30.5 Å². The Morgan fingerprint density at radius 3 is 2.85 bits per heavy atom. The highest BCUT2D eigenvalue weighted by Gasteiger charge is 2.20. The molecule has 1 aromatic carbocycles. The van der Waals surface area contributed by atoms with Gasteiger partial charge in [-0.25, -0.2) is 0 Å². The van der Waals surface area contributed by atoms with Gasteiger partial charge in [-0.3, -0.25) is 4.79 Å². The number of nitrogens with zero attached hydrogens (tertiary/aromatic N) is 1. The molecule has 0 fully saturated rings. The molecule has 0 saturated carbocycles. The van der Waals surface area contributed by atoms with Gasteiger partial charge in [-0.15, -0.1) is 0 Å². The molecule has 0 aliphatic rings. The van der Waals surface area contributed by atoms with Gasteiger partial charge in [0.1, 0.15) is 5.92 Å². The molecule has 0 unspecified atom stereocenters. The Balaban J connectivity index is 1.93. The summed E-state index contributed by atoms with van der Waals surface area (Å²) < 4.78 is 0. The highest BCUT2D eigenvalue weighted by Crippen LogP contribution is 2.17. The highest BCUT2D eigenvalue weighted by atomic mass is 16.1. The van der Waals surface area contributed by atoms with Crippen molar-refractivity contribution in [1.29, 1.82) is 5.26 Å². The van der Waals surface area contributed by atoms with E-state index < -0.39 is 5.92 Å². The third-order valence-corrected chi connectivity index (χ3v) is 3.46. The van der Waals surface area contributed by atoms with Crippen LogP contribution in [0.5, 0.6) is 0 Å². The number of fused-ring (bicyclic) bond motifs is 1. The fourth-order valence-electron chi connectivity index (χ4n) is 2.28. The zero-order valence-electron chi connectivity index (χ0n) is 11.8. The fraction of sp³-hybridized carbons (Fsp3) is 0.375. The zero-order valence-corrected chi connectivity index (χ0v) is 11.8. The third-order valence-electron chi connectivity index (χ3n) is 3.46. The number of aromatic amines is 1. The van der Waals surface area contributed by atoms with Gasteiger partial charge in [0, 0.05) is 23.6 Å². The van der Waals surface area contributed by atoms with Crippen molar-refractivity contribution in [2.24, 2.45) is 11.8 Å². The predicted molar refractivity (Wildman–Crippen MR) is 79.0 cm³/mol. The molecule has 0 saturated heterocycles. The van der Waals surface area contributed by atoms with E-state index in [-0.39, 0.29) is 11.8 Å². The van der Waals surface area contributed by atoms with Crippen LogP contribution >= 0.6 is 0 Å². The number of rotatable bonds is 5. The topological polar surface area (TPSA) is 68.7 Å². The second-order valence-electron chi connectivity index (χ2n) is 5.25. The molecule has 4 heteroatoms. The second-order valence-corrected chi connectivity index (χ2v) is 5.25. The van der Waals surface area contributed by atoms with Gasteiger partial charge in [0.15, 0.2) is 0 Å². The van der Waals surface area contributed by atoms with E-state index in [0.29, 0.717) is 6.54 Å². The van der Waals surface area contributed by atoms with Crippen LogP contribution in [0, 0.1) is 23.2 Å². The maximum absolute atomic E-state index is 11.9. The van der Waals surface area contributed by atoms with Crippen molar-refractivity contribution in [2.45, 2.75) is 20.3 Å². The van der Waals surface area contributed by atoms with Gasteiger partial charge in [-0.2, -0.15) is 5.26 Å². The molecular formula is C16H19N3O. The van der Waals surface area contributed by atoms with Crippen LogP contribution in [0.1, 0.15) is 19.4 Å². The SMILES string of the molecule is CC(C)[C@H](C#N)C(=O)NCCc1c[nH]c2ccccc12. The minimum absolute atomic E-state index is 0.0353. The third kappa shape index (κ3) is 3.00. The number of hydrogen-bond donors (Lipinski definition) is 2. The molecule has 0 radical (unpaired) electrons. The molecule has 1 aromatic heterocycles. The first-order valence-electron chi connectivity index (χ1n) is 6.85. The number of carbonyl (C=O) groups is 1. The summed E-state index contributed by atoms with van der Waals surface area (Å²) in [4.78, 5) is 15.1. The first-order chi connectivity index (χ1) is 9.63. The summed E-state index contributed by atoms with van der Waals surface area (Å²) in [6.07, 6.45) is 2.73. The molecule has 0 aliphatic heterocycles. The number of benzene rings is 1. The maximum atomic E-state index is 11.9. The van der Waals surface area contributed by atoms with Crippen LogP contribution in [-0.4, -0.2) is 17.4 Å². The van der Waals surface area contributed by atoms with E-state index in [9.17, 15) is 4.79 Å². The second kappa shape index (κ2) is 6.25. The van der Waals surface area contributed by atoms with E-state index in [1.165, 1.54) is 10.9 Å². The molecule has 2 aromatic rings. The van der Waals surface area contributed by atoms with Gasteiger partial charge in [0.2, 0.25) is 5.91 Å². The summed E-state index contributed by atoms with van der Waals surface area (Å²) in [5.74, 6) is -0.714. The van der Waals surface area contributed by atoms with Crippen molar-refractivity contribution in [1.82, 2.24) is 10.3 Å². The summed E-state index contributed by atoms with van der Waals surface area (Å²) in [6, 6.07) is 10.1. The normalized spacial score (nSPS) is 12.3. The van der Waals surface area contributed by atoms with Gasteiger partial charge < -0.3 is 10.3 Å². The van der Waals surface area contributed by atoms with Crippen molar-refractivity contribution in [3.63, 3.8) is 0 Å². The van der Waals surface area contributed by atoms with Crippen LogP contribution in [0.2, 0.25) is 0 Å². The number of hydrogen-bond acceptors (Lipinski definition) is 2. The molecule has 20 heavy (non-hydrogen) atoms. The van der Waals surface area contributed by atoms with Gasteiger partial charge in [-0.05, 0) is 24.0 Å². The van der Waals surface area contributed by atoms with Crippen LogP contribution in [0.25, 0.3) is 10.9 Å². The highest BCUT2D eigenvalue weighted by molar-refractivity contribution is 5.83. The summed E-state index contributed by atoms with van der Waals surface area (Å²) in [5, 5.41) is 13.0. The Morgan fingerprint density at radius 2 is 2.15 bits per heavy atom. The molecule has 0 aliphatic carbocycles. The van der Waals surface area contributed by atoms with Crippen molar-refractivity contribution in [2.75, 3.05) is 6.54 Å². The maximum Gasteiger partial charge on any atom is 0.237 e. The standard InChI is InChI=1S/C16H19N3O/c1-11(2)14(9-17)16(20)18-8-7-12-10-19-15-6-4-3-5-13(12)15/h3-6,10-11,14,19H,7-8H2,1-2H3,(H,18,20)/t14-/m0/s1. The number of aromatic nitrogens is 1. The molecule has 0 bridgehead atoms. The minimum Gasteiger partial charge on any atom is -0.361 e. The molecule has 0 spiro atoms. The minimum atomic E-state index is -0.571. The lowest BCUT2D eigenvalue weighted by molar-refractivity contribution is -0.124. The fourth-order valence-corrected chi connectivity index (χ4v) is 2.28. The Hall–Kier alpha value is -2.28. The first-order valence-corrected chi connectivity index (χ1v) is 6.85. The summed E-state index contributed by atoms with van der Waals surface area (Å²) in [6.45, 7) is 4.31. The largest absolute Gasteiger partial charge is 0.361 e. The molecule has 104 valence electrons. The molecule has 2 rings (SSSR count). The van der Waals surface area contributed by atoms with E-state index in [2.05, 4.69) is 22.4 Å². The number of H-pyrrole nitrogens is 1. The molecule has 1 amide bonds. The van der Waals surface area contributed by atoms with E-state index in [4.69, 9.17) is 5.26 Å². The predicted octanol–water partition coefficient (Wildman–Crippen LogP) is 2.62. The quantitative estimate of drug-likeness (QED) is 0.876. The Morgan fingerprint density at radius 1 is 1.40 bits per heavy atom. The molecule has 1 atom stereocenters. The Labute approximate surface area is 118 Å². The van der Waals surface area contributed by atoms with Crippen LogP contribution in [0.4, 0.5) is 0 Å². The van der Waals surface area contributed by atoms with Crippen molar-refractivity contribution in [3.05, 3.63) is 36.0 Å². The Kier molecular flexibility index (Phi) is 4.41. The molecule has 4 nitrogen and oxygen atoms in total. The van der Waals surface area contributed by atoms with Crippen LogP contribution in [0.3, 0.4) is 0 Å². The van der Waals surface area contributed by atoms with Gasteiger partial charge in [-0.1, -0.05) is 32.0 Å². The summed E-state index contributed by atoms with van der Waals surface area (Å²) >= 11 is 0. The van der Waals surface area contributed by atoms with Gasteiger partial charge >= 0.3 is 0 Å². The van der Waals surface area contributed by atoms with Crippen LogP contribution < -0.4 is 5.32 Å². The monoisotopic (exact) mass is 269 g/mol. The van der Waals surface area contributed by atoms with Crippen molar-refractivity contribution < 1.29 is 4.79 Å². The van der Waals surface area contributed by atoms with Crippen molar-refractivity contribution >= 4 is 16.8 Å². The average molecular weight is 269 g/mol. The number of carbonyl (C=O) groups excluding carboxylic acids is 1. The van der Waals surface area contributed by atoms with Gasteiger partial charge in [0.25, 0.3) is 0 Å². The van der Waals surface area contributed by atoms with Crippen LogP contribution in [-0.2, 0) is 11.2 Å². The summed E-state index contributed by atoms with van der Waals surface area (Å²) in [5.41, 5.74) is 2.28. The van der Waals surface area contributed by atoms with E-state index in [0.717, 1.165) is 11.9 Å². The molecular weight excluding hydrogens is 250 g/mol. The van der Waals surface area contributed by atoms with Crippen molar-refractivity contribution in [3.8, 4) is 6.07 Å². The molecule has 1 heterocycles. The van der Waals surface area contributed by atoms with E-state index in [1.54, 1.807) is 0 Å². The number of nitrogens with one attached hydrogen (secondary N) is 2. The molecule has 2 N–H and O–H groups in total. The van der Waals surface area contributed by atoms with E-state index in [1.807, 2.05) is 38.2 Å². The zero-order chi connectivity index (χ0) is 14.5. The summed E-state index contributed by atoms with van der Waals surface area (Å²) in [7, 11) is 0. The lowest BCUT2D eigenvalue weighted by Gasteiger charge is -2.12. The number of nitriles is 1. The lowest BCUT2D eigenvalue weighted by Crippen LogP contribution is -2.34.